The Morgan fingerprint density at radius 1 is 1.50 bits per heavy atom. The Kier molecular flexibility index (Phi) is 5.40. The van der Waals surface area contributed by atoms with Gasteiger partial charge in [-0.25, -0.2) is 0 Å². The zero-order valence-corrected chi connectivity index (χ0v) is 12.5. The number of carbonyl (C=O) groups is 2. The third kappa shape index (κ3) is 3.60. The lowest BCUT2D eigenvalue weighted by Crippen LogP contribution is -2.37. The molecule has 0 aromatic carbocycles. The van der Waals surface area contributed by atoms with Crippen molar-refractivity contribution >= 4 is 27.7 Å². The SMILES string of the molecule is CCCn1cc(Br)cc1C(=O)N(C)CC(=O)NC. The van der Waals surface area contributed by atoms with Crippen LogP contribution in [-0.2, 0) is 11.3 Å². The van der Waals surface area contributed by atoms with E-state index >= 15 is 0 Å². The quantitative estimate of drug-likeness (QED) is 0.894. The first-order valence-electron chi connectivity index (χ1n) is 5.81. The van der Waals surface area contributed by atoms with Gasteiger partial charge < -0.3 is 14.8 Å². The van der Waals surface area contributed by atoms with Gasteiger partial charge in [-0.1, -0.05) is 6.92 Å². The summed E-state index contributed by atoms with van der Waals surface area (Å²) >= 11 is 3.36. The molecule has 0 bridgehead atoms. The van der Waals surface area contributed by atoms with E-state index in [1.54, 1.807) is 20.2 Å². The highest BCUT2D eigenvalue weighted by atomic mass is 79.9. The summed E-state index contributed by atoms with van der Waals surface area (Å²) in [6, 6.07) is 1.78. The third-order valence-electron chi connectivity index (χ3n) is 2.55. The molecule has 0 saturated carbocycles. The maximum absolute atomic E-state index is 12.2. The van der Waals surface area contributed by atoms with Gasteiger partial charge >= 0.3 is 0 Å². The molecule has 0 radical (unpaired) electrons. The number of hydrogen-bond donors (Lipinski definition) is 1. The van der Waals surface area contributed by atoms with Crippen LogP contribution in [0.3, 0.4) is 0 Å². The topological polar surface area (TPSA) is 54.3 Å². The monoisotopic (exact) mass is 315 g/mol. The summed E-state index contributed by atoms with van der Waals surface area (Å²) in [6.07, 6.45) is 2.82. The van der Waals surface area contributed by atoms with Crippen LogP contribution in [0.15, 0.2) is 16.7 Å². The Hall–Kier alpha value is -1.30. The summed E-state index contributed by atoms with van der Waals surface area (Å²) < 4.78 is 2.76. The molecule has 1 aromatic rings. The number of aryl methyl sites for hydroxylation is 1. The van der Waals surface area contributed by atoms with Crippen LogP contribution < -0.4 is 5.32 Å². The summed E-state index contributed by atoms with van der Waals surface area (Å²) in [5.41, 5.74) is 0.593. The normalized spacial score (nSPS) is 10.2. The van der Waals surface area contributed by atoms with Crippen LogP contribution in [0.4, 0.5) is 0 Å². The lowest BCUT2D eigenvalue weighted by atomic mass is 10.3. The van der Waals surface area contributed by atoms with Gasteiger partial charge in [0.25, 0.3) is 5.91 Å². The van der Waals surface area contributed by atoms with Crippen LogP contribution in [0, 0.1) is 0 Å². The van der Waals surface area contributed by atoms with Crippen LogP contribution in [0.2, 0.25) is 0 Å². The minimum absolute atomic E-state index is 0.0598. The van der Waals surface area contributed by atoms with Crippen molar-refractivity contribution in [2.45, 2.75) is 19.9 Å². The minimum Gasteiger partial charge on any atom is -0.358 e. The van der Waals surface area contributed by atoms with Gasteiger partial charge in [-0.3, -0.25) is 9.59 Å². The summed E-state index contributed by atoms with van der Waals surface area (Å²) in [4.78, 5) is 24.9. The van der Waals surface area contributed by atoms with Crippen molar-refractivity contribution in [3.8, 4) is 0 Å². The van der Waals surface area contributed by atoms with Gasteiger partial charge in [0.15, 0.2) is 0 Å². The number of aromatic nitrogens is 1. The number of amides is 2. The highest BCUT2D eigenvalue weighted by Gasteiger charge is 2.18. The number of rotatable bonds is 5. The van der Waals surface area contributed by atoms with Crippen LogP contribution >= 0.6 is 15.9 Å². The number of hydrogen-bond acceptors (Lipinski definition) is 2. The molecule has 1 rings (SSSR count). The molecular weight excluding hydrogens is 298 g/mol. The van der Waals surface area contributed by atoms with Gasteiger partial charge in [0.1, 0.15) is 5.69 Å². The number of nitrogens with one attached hydrogen (secondary N) is 1. The molecule has 6 heteroatoms. The molecule has 5 nitrogen and oxygen atoms in total. The highest BCUT2D eigenvalue weighted by Crippen LogP contribution is 2.16. The van der Waals surface area contributed by atoms with E-state index < -0.39 is 0 Å². The largest absolute Gasteiger partial charge is 0.358 e. The number of carbonyl (C=O) groups excluding carboxylic acids is 2. The fourth-order valence-corrected chi connectivity index (χ4v) is 2.11. The second-order valence-corrected chi connectivity index (χ2v) is 4.99. The average Bonchev–Trinajstić information content (AvgIpc) is 2.69. The number of nitrogens with zero attached hydrogens (tertiary/aromatic N) is 2. The standard InChI is InChI=1S/C12H18BrN3O2/c1-4-5-16-7-9(13)6-10(16)12(18)15(3)8-11(17)14-2/h6-7H,4-5,8H2,1-3H3,(H,14,17). The maximum atomic E-state index is 12.2. The maximum Gasteiger partial charge on any atom is 0.270 e. The van der Waals surface area contributed by atoms with Gasteiger partial charge in [0, 0.05) is 31.3 Å². The second kappa shape index (κ2) is 6.58. The molecule has 100 valence electrons. The molecule has 1 aromatic heterocycles. The molecule has 0 spiro atoms. The molecule has 1 heterocycles. The van der Waals surface area contributed by atoms with E-state index in [2.05, 4.69) is 28.2 Å². The Labute approximate surface area is 115 Å². The molecule has 2 amide bonds. The molecule has 0 unspecified atom stereocenters. The summed E-state index contributed by atoms with van der Waals surface area (Å²) in [7, 11) is 3.17. The summed E-state index contributed by atoms with van der Waals surface area (Å²) in [6.45, 7) is 2.89. The molecule has 0 aliphatic heterocycles. The number of likely N-dealkylation sites (N-methyl/N-ethyl adjacent to an activating group) is 2. The first kappa shape index (κ1) is 14.8. The van der Waals surface area contributed by atoms with E-state index in [0.717, 1.165) is 17.4 Å². The minimum atomic E-state index is -0.182. The average molecular weight is 316 g/mol. The molecule has 0 atom stereocenters. The van der Waals surface area contributed by atoms with Crippen LogP contribution in [0.5, 0.6) is 0 Å². The third-order valence-corrected chi connectivity index (χ3v) is 2.99. The van der Waals surface area contributed by atoms with Gasteiger partial charge in [0.05, 0.1) is 6.54 Å². The zero-order valence-electron chi connectivity index (χ0n) is 10.9. The lowest BCUT2D eigenvalue weighted by molar-refractivity contribution is -0.121. The van der Waals surface area contributed by atoms with Crippen LogP contribution in [-0.4, -0.2) is 41.9 Å². The number of halogens is 1. The van der Waals surface area contributed by atoms with Crippen molar-refractivity contribution in [1.29, 1.82) is 0 Å². The second-order valence-electron chi connectivity index (χ2n) is 4.07. The molecular formula is C12H18BrN3O2. The Balaban J connectivity index is 2.85. The lowest BCUT2D eigenvalue weighted by Gasteiger charge is -2.17. The van der Waals surface area contributed by atoms with E-state index in [4.69, 9.17) is 0 Å². The van der Waals surface area contributed by atoms with E-state index in [1.807, 2.05) is 10.8 Å². The summed E-state index contributed by atoms with van der Waals surface area (Å²) in [5.74, 6) is -0.337. The van der Waals surface area contributed by atoms with Crippen LogP contribution in [0.25, 0.3) is 0 Å². The van der Waals surface area contributed by atoms with Gasteiger partial charge in [-0.05, 0) is 28.4 Å². The molecule has 1 N–H and O–H groups in total. The van der Waals surface area contributed by atoms with E-state index in [1.165, 1.54) is 4.90 Å². The molecule has 18 heavy (non-hydrogen) atoms. The van der Waals surface area contributed by atoms with E-state index in [0.29, 0.717) is 5.69 Å². The first-order valence-corrected chi connectivity index (χ1v) is 6.60. The summed E-state index contributed by atoms with van der Waals surface area (Å²) in [5, 5.41) is 2.50. The predicted octanol–water partition coefficient (Wildman–Crippen LogP) is 1.48. The fourth-order valence-electron chi connectivity index (χ4n) is 1.64. The first-order chi connectivity index (χ1) is 8.49. The Bertz CT molecular complexity index is 443. The smallest absolute Gasteiger partial charge is 0.270 e. The molecule has 0 aliphatic carbocycles. The highest BCUT2D eigenvalue weighted by molar-refractivity contribution is 9.10. The van der Waals surface area contributed by atoms with Crippen molar-refractivity contribution in [2.75, 3.05) is 20.6 Å². The Morgan fingerprint density at radius 2 is 2.17 bits per heavy atom. The van der Waals surface area contributed by atoms with Crippen molar-refractivity contribution in [3.05, 3.63) is 22.4 Å². The molecule has 0 aliphatic rings. The van der Waals surface area contributed by atoms with Crippen molar-refractivity contribution in [2.24, 2.45) is 0 Å². The van der Waals surface area contributed by atoms with E-state index in [-0.39, 0.29) is 18.4 Å². The van der Waals surface area contributed by atoms with Crippen LogP contribution in [0.1, 0.15) is 23.8 Å². The predicted molar refractivity (Wildman–Crippen MR) is 73.5 cm³/mol. The van der Waals surface area contributed by atoms with Crippen molar-refractivity contribution in [3.63, 3.8) is 0 Å². The Morgan fingerprint density at radius 3 is 2.72 bits per heavy atom. The zero-order chi connectivity index (χ0) is 13.7. The van der Waals surface area contributed by atoms with Crippen molar-refractivity contribution in [1.82, 2.24) is 14.8 Å². The van der Waals surface area contributed by atoms with Gasteiger partial charge in [-0.15, -0.1) is 0 Å². The van der Waals surface area contributed by atoms with E-state index in [9.17, 15) is 9.59 Å². The van der Waals surface area contributed by atoms with Gasteiger partial charge in [0.2, 0.25) is 5.91 Å². The molecule has 0 fully saturated rings. The fraction of sp³-hybridized carbons (Fsp3) is 0.500. The van der Waals surface area contributed by atoms with Gasteiger partial charge in [-0.2, -0.15) is 0 Å². The molecule has 0 saturated heterocycles. The van der Waals surface area contributed by atoms with Crippen molar-refractivity contribution < 1.29 is 9.59 Å².